The zero-order chi connectivity index (χ0) is 8.20. The molecule has 0 saturated heterocycles. The molecular formula is C6H13O3S. The van der Waals surface area contributed by atoms with Crippen molar-refractivity contribution in [2.45, 2.75) is 31.9 Å². The van der Waals surface area contributed by atoms with Gasteiger partial charge in [-0.2, -0.15) is 8.42 Å². The molecule has 0 aliphatic rings. The maximum Gasteiger partial charge on any atom is 0.270 e. The molecule has 0 unspecified atom stereocenters. The normalized spacial score (nSPS) is 12.4. The summed E-state index contributed by atoms with van der Waals surface area (Å²) in [6.45, 7) is 3.62. The Kier molecular flexibility index (Phi) is 3.89. The van der Waals surface area contributed by atoms with Gasteiger partial charge < -0.3 is 0 Å². The van der Waals surface area contributed by atoms with Crippen LogP contribution in [-0.2, 0) is 14.3 Å². The van der Waals surface area contributed by atoms with Gasteiger partial charge in [-0.05, 0) is 12.8 Å². The molecule has 0 aromatic carbocycles. The Labute approximate surface area is 62.5 Å². The van der Waals surface area contributed by atoms with Crippen LogP contribution in [0.3, 0.4) is 0 Å². The summed E-state index contributed by atoms with van der Waals surface area (Å²) in [6.07, 6.45) is 1.16. The fraction of sp³-hybridized carbons (Fsp3) is 0.833. The quantitative estimate of drug-likeness (QED) is 0.590. The minimum Gasteiger partial charge on any atom is -0.267 e. The summed E-state index contributed by atoms with van der Waals surface area (Å²) in [4.78, 5) is 0. The van der Waals surface area contributed by atoms with Gasteiger partial charge in [0.25, 0.3) is 10.1 Å². The molecule has 4 heteroatoms. The third-order valence-electron chi connectivity index (χ3n) is 1.48. The molecule has 0 saturated carbocycles. The van der Waals surface area contributed by atoms with Crippen LogP contribution in [0.5, 0.6) is 0 Å². The van der Waals surface area contributed by atoms with E-state index >= 15 is 0 Å². The van der Waals surface area contributed by atoms with Crippen molar-refractivity contribution in [3.8, 4) is 0 Å². The van der Waals surface area contributed by atoms with Gasteiger partial charge in [-0.25, -0.2) is 0 Å². The second-order valence-electron chi connectivity index (χ2n) is 2.05. The smallest absolute Gasteiger partial charge is 0.267 e. The van der Waals surface area contributed by atoms with E-state index in [0.29, 0.717) is 12.8 Å². The van der Waals surface area contributed by atoms with E-state index < -0.39 is 15.4 Å². The van der Waals surface area contributed by atoms with E-state index in [1.54, 1.807) is 0 Å². The standard InChI is InChI=1S/C6H13O3S/c1-4-6(5-2)10(7,8)9-3/h6H,3-5H2,1-2H3. The molecule has 0 atom stereocenters. The maximum absolute atomic E-state index is 10.9. The van der Waals surface area contributed by atoms with Crippen LogP contribution in [0.15, 0.2) is 0 Å². The molecule has 0 heterocycles. The van der Waals surface area contributed by atoms with Gasteiger partial charge in [0.1, 0.15) is 0 Å². The van der Waals surface area contributed by atoms with E-state index in [1.165, 1.54) is 0 Å². The first-order chi connectivity index (χ1) is 4.58. The number of hydrogen-bond acceptors (Lipinski definition) is 3. The van der Waals surface area contributed by atoms with Gasteiger partial charge in [0.05, 0.1) is 12.4 Å². The summed E-state index contributed by atoms with van der Waals surface area (Å²) in [7, 11) is -0.485. The van der Waals surface area contributed by atoms with E-state index in [4.69, 9.17) is 0 Å². The Bertz CT molecular complexity index is 167. The average Bonchev–Trinajstić information content (AvgIpc) is 1.90. The largest absolute Gasteiger partial charge is 0.270 e. The van der Waals surface area contributed by atoms with Gasteiger partial charge >= 0.3 is 0 Å². The molecule has 61 valence electrons. The second kappa shape index (κ2) is 3.93. The lowest BCUT2D eigenvalue weighted by Crippen LogP contribution is -2.19. The average molecular weight is 165 g/mol. The minimum absolute atomic E-state index is 0.398. The van der Waals surface area contributed by atoms with E-state index in [0.717, 1.165) is 0 Å². The van der Waals surface area contributed by atoms with Crippen LogP contribution in [0.1, 0.15) is 26.7 Å². The van der Waals surface area contributed by atoms with Crippen molar-refractivity contribution in [3.63, 3.8) is 0 Å². The van der Waals surface area contributed by atoms with Crippen LogP contribution >= 0.6 is 0 Å². The molecule has 0 aliphatic heterocycles. The van der Waals surface area contributed by atoms with Crippen molar-refractivity contribution in [3.05, 3.63) is 7.11 Å². The summed E-state index contributed by atoms with van der Waals surface area (Å²) < 4.78 is 25.9. The van der Waals surface area contributed by atoms with Crippen molar-refractivity contribution < 1.29 is 12.6 Å². The van der Waals surface area contributed by atoms with Crippen LogP contribution in [0.2, 0.25) is 0 Å². The number of hydrogen-bond donors (Lipinski definition) is 0. The van der Waals surface area contributed by atoms with Crippen molar-refractivity contribution >= 4 is 10.1 Å². The molecule has 0 N–H and O–H groups in total. The molecule has 10 heavy (non-hydrogen) atoms. The molecule has 0 aromatic heterocycles. The zero-order valence-electron chi connectivity index (χ0n) is 6.33. The van der Waals surface area contributed by atoms with Gasteiger partial charge in [-0.15, -0.1) is 0 Å². The SMILES string of the molecule is [CH2]OS(=O)(=O)C(CC)CC. The van der Waals surface area contributed by atoms with Gasteiger partial charge in [-0.3, -0.25) is 4.18 Å². The molecule has 0 bridgehead atoms. The molecule has 0 spiro atoms. The first-order valence-electron chi connectivity index (χ1n) is 3.26. The summed E-state index contributed by atoms with van der Waals surface area (Å²) >= 11 is 0. The molecule has 3 nitrogen and oxygen atoms in total. The Morgan fingerprint density at radius 3 is 1.90 bits per heavy atom. The van der Waals surface area contributed by atoms with Crippen molar-refractivity contribution in [1.82, 2.24) is 0 Å². The lowest BCUT2D eigenvalue weighted by atomic mass is 10.3. The Morgan fingerprint density at radius 2 is 1.80 bits per heavy atom. The predicted octanol–water partition coefficient (Wildman–Crippen LogP) is 1.31. The van der Waals surface area contributed by atoms with Crippen LogP contribution in [0.4, 0.5) is 0 Å². The van der Waals surface area contributed by atoms with Gasteiger partial charge in [0.2, 0.25) is 0 Å². The molecule has 0 aliphatic carbocycles. The number of rotatable bonds is 4. The third kappa shape index (κ3) is 2.27. The van der Waals surface area contributed by atoms with Crippen LogP contribution in [0.25, 0.3) is 0 Å². The summed E-state index contributed by atoms with van der Waals surface area (Å²) in [5.41, 5.74) is 0. The highest BCUT2D eigenvalue weighted by atomic mass is 32.2. The molecule has 1 radical (unpaired) electrons. The van der Waals surface area contributed by atoms with Crippen LogP contribution in [-0.4, -0.2) is 13.7 Å². The lowest BCUT2D eigenvalue weighted by molar-refractivity contribution is 0.421. The first kappa shape index (κ1) is 9.91. The van der Waals surface area contributed by atoms with E-state index in [2.05, 4.69) is 11.3 Å². The second-order valence-corrected chi connectivity index (χ2v) is 3.94. The Balaban J connectivity index is 4.28. The maximum atomic E-state index is 10.9. The van der Waals surface area contributed by atoms with Gasteiger partial charge in [0.15, 0.2) is 0 Å². The van der Waals surface area contributed by atoms with Crippen molar-refractivity contribution in [2.75, 3.05) is 0 Å². The highest BCUT2D eigenvalue weighted by molar-refractivity contribution is 7.87. The van der Waals surface area contributed by atoms with Crippen LogP contribution in [0, 0.1) is 7.11 Å². The Hall–Kier alpha value is -0.0900. The summed E-state index contributed by atoms with van der Waals surface area (Å²) in [6, 6.07) is 0. The topological polar surface area (TPSA) is 43.4 Å². The Morgan fingerprint density at radius 1 is 1.40 bits per heavy atom. The summed E-state index contributed by atoms with van der Waals surface area (Å²) in [5.74, 6) is 0. The monoisotopic (exact) mass is 165 g/mol. The van der Waals surface area contributed by atoms with Crippen molar-refractivity contribution in [1.29, 1.82) is 0 Å². The van der Waals surface area contributed by atoms with E-state index in [1.807, 2.05) is 13.8 Å². The van der Waals surface area contributed by atoms with Gasteiger partial charge in [-0.1, -0.05) is 13.8 Å². The first-order valence-corrected chi connectivity index (χ1v) is 4.73. The zero-order valence-corrected chi connectivity index (χ0v) is 7.15. The fourth-order valence-electron chi connectivity index (χ4n) is 0.793. The molecule has 0 fully saturated rings. The van der Waals surface area contributed by atoms with E-state index in [-0.39, 0.29) is 0 Å². The highest BCUT2D eigenvalue weighted by Crippen LogP contribution is 2.10. The van der Waals surface area contributed by atoms with Crippen LogP contribution < -0.4 is 0 Å². The molecular weight excluding hydrogens is 152 g/mol. The summed E-state index contributed by atoms with van der Waals surface area (Å²) in [5, 5.41) is -0.398. The molecule has 0 amide bonds. The third-order valence-corrected chi connectivity index (χ3v) is 3.29. The minimum atomic E-state index is -3.37. The van der Waals surface area contributed by atoms with E-state index in [9.17, 15) is 8.42 Å². The fourth-order valence-corrected chi connectivity index (χ4v) is 1.80. The molecule has 0 aromatic rings. The van der Waals surface area contributed by atoms with Crippen molar-refractivity contribution in [2.24, 2.45) is 0 Å². The lowest BCUT2D eigenvalue weighted by Gasteiger charge is -2.09. The highest BCUT2D eigenvalue weighted by Gasteiger charge is 2.20. The van der Waals surface area contributed by atoms with Gasteiger partial charge in [0, 0.05) is 0 Å². The predicted molar refractivity (Wildman–Crippen MR) is 39.7 cm³/mol. The molecule has 0 rings (SSSR count).